The minimum atomic E-state index is -0.758. The number of thiazole rings is 1. The highest BCUT2D eigenvalue weighted by molar-refractivity contribution is 7.09. The number of aromatic nitrogens is 1. The third-order valence-corrected chi connectivity index (χ3v) is 5.22. The molecule has 1 aromatic heterocycles. The highest BCUT2D eigenvalue weighted by Crippen LogP contribution is 2.31. The molecule has 4 rings (SSSR count). The van der Waals surface area contributed by atoms with Gasteiger partial charge in [-0.25, -0.2) is 14.3 Å². The molecule has 0 saturated heterocycles. The molecule has 0 unspecified atom stereocenters. The van der Waals surface area contributed by atoms with Crippen LogP contribution in [0, 0.1) is 19.7 Å². The molecule has 0 fully saturated rings. The molecule has 8 heteroatoms. The van der Waals surface area contributed by atoms with Crippen LogP contribution in [0.25, 0.3) is 0 Å². The minimum absolute atomic E-state index is 0.0615. The standard InChI is InChI=1S/C20H14FN3O3S/c1-10-3-5-13-14(7-10)20(27)24(19(13)26)12-4-6-16(15(21)8-12)23-18(25)17-11(2)28-9-22-17/h3-9H,1-2H3,(H,23,25). The van der Waals surface area contributed by atoms with E-state index < -0.39 is 23.5 Å². The summed E-state index contributed by atoms with van der Waals surface area (Å²) < 4.78 is 14.6. The van der Waals surface area contributed by atoms with Crippen molar-refractivity contribution >= 4 is 40.4 Å². The second kappa shape index (κ2) is 6.65. The zero-order valence-corrected chi connectivity index (χ0v) is 15.8. The van der Waals surface area contributed by atoms with Crippen LogP contribution < -0.4 is 10.2 Å². The van der Waals surface area contributed by atoms with Gasteiger partial charge in [-0.15, -0.1) is 11.3 Å². The summed E-state index contributed by atoms with van der Waals surface area (Å²) in [6.45, 7) is 3.57. The highest BCUT2D eigenvalue weighted by Gasteiger charge is 2.36. The molecule has 140 valence electrons. The number of hydrogen-bond acceptors (Lipinski definition) is 5. The van der Waals surface area contributed by atoms with E-state index in [1.165, 1.54) is 29.0 Å². The topological polar surface area (TPSA) is 79.4 Å². The first kappa shape index (κ1) is 18.0. The van der Waals surface area contributed by atoms with Gasteiger partial charge < -0.3 is 5.32 Å². The Morgan fingerprint density at radius 2 is 1.82 bits per heavy atom. The number of hydrogen-bond donors (Lipinski definition) is 1. The maximum Gasteiger partial charge on any atom is 0.275 e. The molecule has 0 bridgehead atoms. The van der Waals surface area contributed by atoms with Crippen LogP contribution in [0.2, 0.25) is 0 Å². The van der Waals surface area contributed by atoms with E-state index in [0.717, 1.165) is 21.4 Å². The first-order chi connectivity index (χ1) is 13.4. The Kier molecular flexibility index (Phi) is 4.27. The average Bonchev–Trinajstić information content (AvgIpc) is 3.19. The summed E-state index contributed by atoms with van der Waals surface area (Å²) in [6, 6.07) is 8.76. The third kappa shape index (κ3) is 2.87. The van der Waals surface area contributed by atoms with Crippen molar-refractivity contribution in [3.8, 4) is 0 Å². The largest absolute Gasteiger partial charge is 0.318 e. The van der Waals surface area contributed by atoms with E-state index in [1.807, 2.05) is 6.92 Å². The van der Waals surface area contributed by atoms with E-state index in [9.17, 15) is 18.8 Å². The number of amides is 3. The van der Waals surface area contributed by atoms with Gasteiger partial charge >= 0.3 is 0 Å². The number of nitrogens with zero attached hydrogens (tertiary/aromatic N) is 2. The molecule has 0 radical (unpaired) electrons. The van der Waals surface area contributed by atoms with Crippen molar-refractivity contribution in [3.63, 3.8) is 0 Å². The molecular weight excluding hydrogens is 381 g/mol. The van der Waals surface area contributed by atoms with Gasteiger partial charge in [-0.1, -0.05) is 11.6 Å². The Balaban J connectivity index is 1.62. The summed E-state index contributed by atoms with van der Waals surface area (Å²) in [7, 11) is 0. The van der Waals surface area contributed by atoms with Gasteiger partial charge in [0.05, 0.1) is 28.0 Å². The molecule has 0 aliphatic carbocycles. The van der Waals surface area contributed by atoms with Crippen LogP contribution in [0.15, 0.2) is 41.9 Å². The molecule has 1 aliphatic rings. The third-order valence-electron chi connectivity index (χ3n) is 4.46. The molecule has 28 heavy (non-hydrogen) atoms. The number of carbonyl (C=O) groups excluding carboxylic acids is 3. The van der Waals surface area contributed by atoms with Gasteiger partial charge in [0.2, 0.25) is 0 Å². The van der Waals surface area contributed by atoms with Crippen molar-refractivity contribution in [3.05, 3.63) is 75.0 Å². The number of fused-ring (bicyclic) bond motifs is 1. The molecule has 1 aliphatic heterocycles. The van der Waals surface area contributed by atoms with Crippen molar-refractivity contribution in [1.82, 2.24) is 4.98 Å². The molecule has 3 amide bonds. The summed E-state index contributed by atoms with van der Waals surface area (Å²) in [5.74, 6) is -2.29. The molecule has 6 nitrogen and oxygen atoms in total. The van der Waals surface area contributed by atoms with E-state index in [4.69, 9.17) is 0 Å². The molecule has 2 aromatic carbocycles. The Bertz CT molecular complexity index is 1160. The number of nitrogens with one attached hydrogen (secondary N) is 1. The molecule has 0 saturated carbocycles. The fourth-order valence-corrected chi connectivity index (χ4v) is 3.61. The monoisotopic (exact) mass is 395 g/mol. The molecule has 3 aromatic rings. The van der Waals surface area contributed by atoms with Crippen LogP contribution in [0.1, 0.15) is 41.6 Å². The molecule has 2 heterocycles. The summed E-state index contributed by atoms with van der Waals surface area (Å²) in [5, 5.41) is 2.46. The molecule has 1 N–H and O–H groups in total. The van der Waals surface area contributed by atoms with Crippen molar-refractivity contribution in [1.29, 1.82) is 0 Å². The number of halogens is 1. The summed E-state index contributed by atoms with van der Waals surface area (Å²) >= 11 is 1.31. The average molecular weight is 395 g/mol. The lowest BCUT2D eigenvalue weighted by atomic mass is 10.1. The minimum Gasteiger partial charge on any atom is -0.318 e. The second-order valence-corrected chi connectivity index (χ2v) is 7.43. The summed E-state index contributed by atoms with van der Waals surface area (Å²) in [5.41, 5.74) is 3.23. The normalized spacial score (nSPS) is 13.0. The molecule has 0 spiro atoms. The summed E-state index contributed by atoms with van der Waals surface area (Å²) in [6.07, 6.45) is 0. The highest BCUT2D eigenvalue weighted by atomic mass is 32.1. The first-order valence-corrected chi connectivity index (χ1v) is 9.25. The van der Waals surface area contributed by atoms with E-state index in [1.54, 1.807) is 25.1 Å². The maximum atomic E-state index is 14.6. The van der Waals surface area contributed by atoms with E-state index >= 15 is 0 Å². The van der Waals surface area contributed by atoms with Gasteiger partial charge in [0, 0.05) is 10.9 Å². The quantitative estimate of drug-likeness (QED) is 0.681. The Morgan fingerprint density at radius 3 is 2.50 bits per heavy atom. The van der Waals surface area contributed by atoms with Crippen LogP contribution in [0.4, 0.5) is 15.8 Å². The predicted octanol–water partition coefficient (Wildman–Crippen LogP) is 3.95. The SMILES string of the molecule is Cc1ccc2c(c1)C(=O)N(c1ccc(NC(=O)c3ncsc3C)c(F)c1)C2=O. The maximum absolute atomic E-state index is 14.6. The van der Waals surface area contributed by atoms with Crippen LogP contribution >= 0.6 is 11.3 Å². The molecular formula is C20H14FN3O3S. The summed E-state index contributed by atoms with van der Waals surface area (Å²) in [4.78, 5) is 43.1. The van der Waals surface area contributed by atoms with Crippen LogP contribution in [-0.2, 0) is 0 Å². The smallest absolute Gasteiger partial charge is 0.275 e. The Morgan fingerprint density at radius 1 is 1.07 bits per heavy atom. The Labute approximate surface area is 163 Å². The van der Waals surface area contributed by atoms with Crippen molar-refractivity contribution in [2.75, 3.05) is 10.2 Å². The number of carbonyl (C=O) groups is 3. The van der Waals surface area contributed by atoms with Crippen LogP contribution in [0.3, 0.4) is 0 Å². The zero-order chi connectivity index (χ0) is 20.0. The van der Waals surface area contributed by atoms with Crippen molar-refractivity contribution in [2.24, 2.45) is 0 Å². The van der Waals surface area contributed by atoms with Gasteiger partial charge in [-0.05, 0) is 38.1 Å². The van der Waals surface area contributed by atoms with E-state index in [0.29, 0.717) is 5.56 Å². The van der Waals surface area contributed by atoms with Crippen LogP contribution in [0.5, 0.6) is 0 Å². The fraction of sp³-hybridized carbons (Fsp3) is 0.100. The Hall–Kier alpha value is -3.39. The van der Waals surface area contributed by atoms with Gasteiger partial charge in [-0.3, -0.25) is 14.4 Å². The van der Waals surface area contributed by atoms with Crippen molar-refractivity contribution < 1.29 is 18.8 Å². The number of anilines is 2. The number of benzene rings is 2. The number of aryl methyl sites for hydroxylation is 2. The van der Waals surface area contributed by atoms with E-state index in [-0.39, 0.29) is 22.6 Å². The van der Waals surface area contributed by atoms with Crippen molar-refractivity contribution in [2.45, 2.75) is 13.8 Å². The first-order valence-electron chi connectivity index (χ1n) is 8.37. The lowest BCUT2D eigenvalue weighted by molar-refractivity contribution is 0.0924. The van der Waals surface area contributed by atoms with Gasteiger partial charge in [0.1, 0.15) is 11.5 Å². The van der Waals surface area contributed by atoms with Gasteiger partial charge in [0.25, 0.3) is 17.7 Å². The molecule has 0 atom stereocenters. The fourth-order valence-electron chi connectivity index (χ4n) is 3.04. The number of imide groups is 1. The zero-order valence-electron chi connectivity index (χ0n) is 14.9. The number of rotatable bonds is 3. The van der Waals surface area contributed by atoms with E-state index in [2.05, 4.69) is 10.3 Å². The van der Waals surface area contributed by atoms with Gasteiger partial charge in [-0.2, -0.15) is 0 Å². The predicted molar refractivity (Wildman–Crippen MR) is 104 cm³/mol. The lowest BCUT2D eigenvalue weighted by Crippen LogP contribution is -2.29. The second-order valence-electron chi connectivity index (χ2n) is 6.37. The van der Waals surface area contributed by atoms with Crippen LogP contribution in [-0.4, -0.2) is 22.7 Å². The lowest BCUT2D eigenvalue weighted by Gasteiger charge is -2.15. The van der Waals surface area contributed by atoms with Gasteiger partial charge in [0.15, 0.2) is 0 Å².